The fraction of sp³-hybridized carbons (Fsp3) is 0.467. The largest absolute Gasteiger partial charge is 0.481 e. The number of rotatable bonds is 5. The first-order valence-corrected chi connectivity index (χ1v) is 7.04. The molecule has 1 aliphatic rings. The van der Waals surface area contributed by atoms with Crippen LogP contribution in [0.5, 0.6) is 5.75 Å². The predicted molar refractivity (Wildman–Crippen MR) is 86.1 cm³/mol. The molecule has 0 spiro atoms. The van der Waals surface area contributed by atoms with E-state index >= 15 is 0 Å². The highest BCUT2D eigenvalue weighted by molar-refractivity contribution is 5.85. The number of nitrogens with one attached hydrogen (secondary N) is 1. The second kappa shape index (κ2) is 7.89. The average Bonchev–Trinajstić information content (AvgIpc) is 2.88. The van der Waals surface area contributed by atoms with Gasteiger partial charge in [0.1, 0.15) is 5.75 Å². The maximum Gasteiger partial charge on any atom is 0.414 e. The monoisotopic (exact) mass is 328 g/mol. The van der Waals surface area contributed by atoms with Crippen LogP contribution in [0.1, 0.15) is 31.2 Å². The number of ether oxygens (including phenoxy) is 1. The quantitative estimate of drug-likeness (QED) is 0.868. The molecule has 0 saturated carbocycles. The zero-order chi connectivity index (χ0) is 15.4. The molecule has 22 heavy (non-hydrogen) atoms. The summed E-state index contributed by atoms with van der Waals surface area (Å²) in [7, 11) is 1.67. The number of hydrogen-bond donors (Lipinski definition) is 2. The van der Waals surface area contributed by atoms with Crippen molar-refractivity contribution in [1.82, 2.24) is 4.90 Å². The minimum atomic E-state index is -0.816. The summed E-state index contributed by atoms with van der Waals surface area (Å²) in [6.45, 7) is 3.10. The van der Waals surface area contributed by atoms with Gasteiger partial charge >= 0.3 is 12.1 Å². The highest BCUT2D eigenvalue weighted by Crippen LogP contribution is 2.40. The van der Waals surface area contributed by atoms with Crippen LogP contribution in [0.25, 0.3) is 0 Å². The Morgan fingerprint density at radius 1 is 1.45 bits per heavy atom. The van der Waals surface area contributed by atoms with E-state index in [0.29, 0.717) is 25.3 Å². The summed E-state index contributed by atoms with van der Waals surface area (Å²) in [5.74, 6) is -0.256. The number of amides is 1. The number of nitrogens with zero attached hydrogens (tertiary/aromatic N) is 1. The summed E-state index contributed by atoms with van der Waals surface area (Å²) in [5, 5.41) is 12.1. The molecule has 0 saturated heterocycles. The molecular formula is C15H21ClN2O4. The molecule has 1 aliphatic heterocycles. The number of carbonyl (C=O) groups is 2. The molecule has 2 rings (SSSR count). The van der Waals surface area contributed by atoms with Crippen molar-refractivity contribution in [2.24, 2.45) is 0 Å². The van der Waals surface area contributed by atoms with Gasteiger partial charge in [0.15, 0.2) is 0 Å². The number of hydrogen-bond acceptors (Lipinski definition) is 4. The Hall–Kier alpha value is -1.95. The topological polar surface area (TPSA) is 78.9 Å². The second-order valence-corrected chi connectivity index (χ2v) is 5.11. The lowest BCUT2D eigenvalue weighted by atomic mass is 9.95. The van der Waals surface area contributed by atoms with Gasteiger partial charge in [0, 0.05) is 43.7 Å². The van der Waals surface area contributed by atoms with E-state index in [0.717, 1.165) is 11.3 Å². The molecule has 2 N–H and O–H groups in total. The van der Waals surface area contributed by atoms with E-state index in [1.807, 2.05) is 19.1 Å². The molecule has 1 aromatic rings. The van der Waals surface area contributed by atoms with Crippen molar-refractivity contribution in [2.75, 3.05) is 25.5 Å². The normalized spacial score (nSPS) is 15.3. The predicted octanol–water partition coefficient (Wildman–Crippen LogP) is 2.93. The fourth-order valence-corrected chi connectivity index (χ4v) is 2.39. The molecule has 0 aliphatic carbocycles. The van der Waals surface area contributed by atoms with Gasteiger partial charge in [-0.2, -0.15) is 0 Å². The Morgan fingerprint density at radius 2 is 2.18 bits per heavy atom. The van der Waals surface area contributed by atoms with Crippen molar-refractivity contribution in [3.63, 3.8) is 0 Å². The Labute approximate surface area is 135 Å². The molecule has 1 atom stereocenters. The van der Waals surface area contributed by atoms with E-state index in [1.165, 1.54) is 4.90 Å². The van der Waals surface area contributed by atoms with Crippen LogP contribution in [0.15, 0.2) is 18.2 Å². The van der Waals surface area contributed by atoms with Crippen LogP contribution in [0.2, 0.25) is 0 Å². The molecule has 0 bridgehead atoms. The number of benzene rings is 1. The third-order valence-corrected chi connectivity index (χ3v) is 3.70. The van der Waals surface area contributed by atoms with Crippen molar-refractivity contribution in [3.8, 4) is 5.75 Å². The number of aliphatic carboxylic acids is 1. The van der Waals surface area contributed by atoms with Crippen molar-refractivity contribution in [2.45, 2.75) is 25.7 Å². The van der Waals surface area contributed by atoms with Gasteiger partial charge in [0.2, 0.25) is 0 Å². The lowest BCUT2D eigenvalue weighted by molar-refractivity contribution is -0.137. The van der Waals surface area contributed by atoms with Crippen LogP contribution in [-0.4, -0.2) is 42.2 Å². The summed E-state index contributed by atoms with van der Waals surface area (Å²) in [5.41, 5.74) is 1.81. The molecule has 0 fully saturated rings. The van der Waals surface area contributed by atoms with Crippen LogP contribution < -0.4 is 10.1 Å². The standard InChI is InChI=1S/C15H20N2O4.ClH/c1-3-17(2)15(20)21-12-6-4-5-11-14(12)10(9-16-11)7-8-13(18)19;/h4-6,10,16H,3,7-9H2,1-2H3,(H,18,19);1H. The lowest BCUT2D eigenvalue weighted by Gasteiger charge is -2.17. The average molecular weight is 329 g/mol. The van der Waals surface area contributed by atoms with E-state index in [2.05, 4.69) is 5.32 Å². The fourth-order valence-electron chi connectivity index (χ4n) is 2.39. The van der Waals surface area contributed by atoms with E-state index in [4.69, 9.17) is 9.84 Å². The number of carboxylic acid groups (broad SMARTS) is 1. The molecule has 1 aromatic carbocycles. The molecule has 1 unspecified atom stereocenters. The van der Waals surface area contributed by atoms with Crippen molar-refractivity contribution in [1.29, 1.82) is 0 Å². The van der Waals surface area contributed by atoms with Gasteiger partial charge < -0.3 is 20.1 Å². The maximum absolute atomic E-state index is 11.9. The minimum absolute atomic E-state index is 0. The third-order valence-electron chi connectivity index (χ3n) is 3.70. The smallest absolute Gasteiger partial charge is 0.414 e. The molecule has 1 amide bonds. The first kappa shape index (κ1) is 18.1. The molecule has 6 nitrogen and oxygen atoms in total. The van der Waals surface area contributed by atoms with Crippen molar-refractivity contribution < 1.29 is 19.4 Å². The van der Waals surface area contributed by atoms with E-state index < -0.39 is 12.1 Å². The summed E-state index contributed by atoms with van der Waals surface area (Å²) in [6, 6.07) is 5.48. The van der Waals surface area contributed by atoms with Crippen LogP contribution in [0, 0.1) is 0 Å². The highest BCUT2D eigenvalue weighted by atomic mass is 35.5. The number of carbonyl (C=O) groups excluding carboxylic acids is 1. The highest BCUT2D eigenvalue weighted by Gasteiger charge is 2.27. The lowest BCUT2D eigenvalue weighted by Crippen LogP contribution is -2.29. The summed E-state index contributed by atoms with van der Waals surface area (Å²) >= 11 is 0. The van der Waals surface area contributed by atoms with E-state index in [1.54, 1.807) is 13.1 Å². The van der Waals surface area contributed by atoms with E-state index in [9.17, 15) is 9.59 Å². The van der Waals surface area contributed by atoms with Crippen LogP contribution >= 0.6 is 12.4 Å². The van der Waals surface area contributed by atoms with Gasteiger partial charge in [-0.15, -0.1) is 12.4 Å². The summed E-state index contributed by atoms with van der Waals surface area (Å²) in [4.78, 5) is 24.1. The molecule has 7 heteroatoms. The van der Waals surface area contributed by atoms with Gasteiger partial charge in [-0.3, -0.25) is 4.79 Å². The van der Waals surface area contributed by atoms with Gasteiger partial charge in [-0.25, -0.2) is 4.79 Å². The van der Waals surface area contributed by atoms with E-state index in [-0.39, 0.29) is 24.7 Å². The number of carboxylic acids is 1. The minimum Gasteiger partial charge on any atom is -0.481 e. The molecular weight excluding hydrogens is 308 g/mol. The first-order chi connectivity index (χ1) is 10.0. The van der Waals surface area contributed by atoms with Gasteiger partial charge in [0.25, 0.3) is 0 Å². The third kappa shape index (κ3) is 4.04. The maximum atomic E-state index is 11.9. The summed E-state index contributed by atoms with van der Waals surface area (Å²) in [6.07, 6.45) is 0.214. The van der Waals surface area contributed by atoms with Crippen LogP contribution in [0.3, 0.4) is 0 Å². The number of fused-ring (bicyclic) bond motifs is 1. The van der Waals surface area contributed by atoms with Crippen molar-refractivity contribution >= 4 is 30.2 Å². The number of halogens is 1. The molecule has 0 aromatic heterocycles. The van der Waals surface area contributed by atoms with Crippen LogP contribution in [-0.2, 0) is 4.79 Å². The number of anilines is 1. The second-order valence-electron chi connectivity index (χ2n) is 5.11. The zero-order valence-corrected chi connectivity index (χ0v) is 13.5. The SMILES string of the molecule is CCN(C)C(=O)Oc1cccc2c1C(CCC(=O)O)CN2.Cl. The molecule has 122 valence electrons. The Kier molecular flexibility index (Phi) is 6.49. The zero-order valence-electron chi connectivity index (χ0n) is 12.7. The Morgan fingerprint density at radius 3 is 2.82 bits per heavy atom. The Bertz CT molecular complexity index is 550. The first-order valence-electron chi connectivity index (χ1n) is 7.04. The van der Waals surface area contributed by atoms with Gasteiger partial charge in [-0.05, 0) is 25.5 Å². The van der Waals surface area contributed by atoms with Gasteiger partial charge in [0.05, 0.1) is 0 Å². The molecule has 1 heterocycles. The molecule has 0 radical (unpaired) electrons. The summed E-state index contributed by atoms with van der Waals surface area (Å²) < 4.78 is 5.45. The van der Waals surface area contributed by atoms with Crippen LogP contribution in [0.4, 0.5) is 10.5 Å². The van der Waals surface area contributed by atoms with Crippen molar-refractivity contribution in [3.05, 3.63) is 23.8 Å². The Balaban J connectivity index is 0.00000242. The van der Waals surface area contributed by atoms with Gasteiger partial charge in [-0.1, -0.05) is 6.07 Å².